The van der Waals surface area contributed by atoms with Crippen LogP contribution in [0.1, 0.15) is 24.2 Å². The van der Waals surface area contributed by atoms with E-state index in [1.165, 1.54) is 28.4 Å². The first kappa shape index (κ1) is 27.6. The number of hydrogen-bond acceptors (Lipinski definition) is 10. The summed E-state index contributed by atoms with van der Waals surface area (Å²) >= 11 is 1.13. The number of aliphatic hydroxyl groups is 1. The van der Waals surface area contributed by atoms with Crippen LogP contribution in [0.3, 0.4) is 0 Å². The fourth-order valence-corrected chi connectivity index (χ4v) is 6.42. The molecule has 204 valence electrons. The van der Waals surface area contributed by atoms with E-state index in [4.69, 9.17) is 4.74 Å². The van der Waals surface area contributed by atoms with Gasteiger partial charge in [0.15, 0.2) is 0 Å². The van der Waals surface area contributed by atoms with Crippen LogP contribution in [-0.4, -0.2) is 93.6 Å². The third kappa shape index (κ3) is 6.01. The molecule has 0 fully saturated rings. The first-order chi connectivity index (χ1) is 18.1. The molecule has 2 amide bonds. The maximum Gasteiger partial charge on any atom is 0.258 e. The lowest BCUT2D eigenvalue weighted by atomic mass is 9.99. The van der Waals surface area contributed by atoms with Crippen molar-refractivity contribution in [3.63, 3.8) is 0 Å². The molecule has 0 unspecified atom stereocenters. The Morgan fingerprint density at radius 3 is 2.82 bits per heavy atom. The predicted octanol–water partition coefficient (Wildman–Crippen LogP) is 0.914. The number of benzene rings is 1. The Morgan fingerprint density at radius 1 is 1.37 bits per heavy atom. The van der Waals surface area contributed by atoms with Crippen molar-refractivity contribution < 1.29 is 27.9 Å². The van der Waals surface area contributed by atoms with E-state index in [2.05, 4.69) is 20.8 Å². The van der Waals surface area contributed by atoms with Crippen molar-refractivity contribution in [2.45, 2.75) is 36.7 Å². The van der Waals surface area contributed by atoms with Gasteiger partial charge in [-0.1, -0.05) is 13.0 Å². The van der Waals surface area contributed by atoms with Gasteiger partial charge in [0.1, 0.15) is 28.9 Å². The predicted molar refractivity (Wildman–Crippen MR) is 138 cm³/mol. The number of ether oxygens (including phenoxy) is 1. The highest BCUT2D eigenvalue weighted by atomic mass is 32.2. The zero-order valence-corrected chi connectivity index (χ0v) is 22.7. The maximum atomic E-state index is 13.6. The molecule has 2 aromatic heterocycles. The second kappa shape index (κ2) is 11.6. The molecule has 4 rings (SSSR count). The lowest BCUT2D eigenvalue weighted by Crippen LogP contribution is -2.50. The van der Waals surface area contributed by atoms with Gasteiger partial charge in [0.2, 0.25) is 5.91 Å². The van der Waals surface area contributed by atoms with Crippen molar-refractivity contribution in [1.29, 1.82) is 0 Å². The number of nitrogens with one attached hydrogen (secondary N) is 1. The van der Waals surface area contributed by atoms with Gasteiger partial charge >= 0.3 is 0 Å². The normalized spacial score (nSPS) is 18.9. The monoisotopic (exact) mass is 563 g/mol. The average molecular weight is 564 g/mol. The second-order valence-electron chi connectivity index (χ2n) is 9.11. The van der Waals surface area contributed by atoms with Gasteiger partial charge in [0.25, 0.3) is 15.9 Å². The molecule has 1 aromatic carbocycles. The molecule has 3 atom stereocenters. The van der Waals surface area contributed by atoms with Crippen LogP contribution in [0.5, 0.6) is 5.75 Å². The first-order valence-corrected chi connectivity index (χ1v) is 14.1. The van der Waals surface area contributed by atoms with Gasteiger partial charge in [-0.3, -0.25) is 9.59 Å². The van der Waals surface area contributed by atoms with Gasteiger partial charge in [-0.05, 0) is 47.0 Å². The SMILES string of the molecule is C[C@H](CO)N1C[C@H](C)[C@H](CN(C)S(=O)(=O)c2cccs2)Oc2ccc(NC(=O)Cn3cnnn3)cc2C1=O. The fourth-order valence-electron chi connectivity index (χ4n) is 4.03. The highest BCUT2D eigenvalue weighted by molar-refractivity contribution is 7.91. The van der Waals surface area contributed by atoms with Crippen LogP contribution in [0.4, 0.5) is 5.69 Å². The summed E-state index contributed by atoms with van der Waals surface area (Å²) in [7, 11) is -2.22. The standard InChI is InChI=1S/C23H29N7O6S2/c1-15-10-30(16(2)13-31)23(33)18-9-17(25-21(32)12-29-14-24-26-27-29)6-7-19(18)36-20(15)11-28(3)38(34,35)22-5-4-8-37-22/h4-9,14-16,20,31H,10-13H2,1-3H3,(H,25,32)/t15-,16+,20-/m0/s1. The van der Waals surface area contributed by atoms with Crippen molar-refractivity contribution in [3.05, 3.63) is 47.6 Å². The summed E-state index contributed by atoms with van der Waals surface area (Å²) in [4.78, 5) is 27.5. The van der Waals surface area contributed by atoms with Crippen LogP contribution in [0.15, 0.2) is 46.2 Å². The number of nitrogens with zero attached hydrogens (tertiary/aromatic N) is 6. The van der Waals surface area contributed by atoms with E-state index >= 15 is 0 Å². The van der Waals surface area contributed by atoms with Crippen molar-refractivity contribution >= 4 is 38.9 Å². The quantitative estimate of drug-likeness (QED) is 0.386. The molecule has 2 N–H and O–H groups in total. The largest absolute Gasteiger partial charge is 0.488 e. The summed E-state index contributed by atoms with van der Waals surface area (Å²) in [6, 6.07) is 7.40. The van der Waals surface area contributed by atoms with Gasteiger partial charge in [0, 0.05) is 25.2 Å². The molecule has 0 saturated heterocycles. The van der Waals surface area contributed by atoms with Crippen molar-refractivity contribution in [1.82, 2.24) is 29.4 Å². The molecule has 15 heteroatoms. The fraction of sp³-hybridized carbons (Fsp3) is 0.435. The van der Waals surface area contributed by atoms with Gasteiger partial charge in [-0.15, -0.1) is 16.4 Å². The molecule has 0 bridgehead atoms. The van der Waals surface area contributed by atoms with Crippen LogP contribution < -0.4 is 10.1 Å². The molecular weight excluding hydrogens is 534 g/mol. The number of tetrazole rings is 1. The van der Waals surface area contributed by atoms with E-state index in [0.717, 1.165) is 11.3 Å². The van der Waals surface area contributed by atoms with Crippen molar-refractivity contribution in [2.24, 2.45) is 5.92 Å². The Kier molecular flexibility index (Phi) is 8.40. The lowest BCUT2D eigenvalue weighted by Gasteiger charge is -2.38. The molecule has 1 aliphatic rings. The third-order valence-corrected chi connectivity index (χ3v) is 9.44. The smallest absolute Gasteiger partial charge is 0.258 e. The third-order valence-electron chi connectivity index (χ3n) is 6.24. The lowest BCUT2D eigenvalue weighted by molar-refractivity contribution is -0.116. The Hall–Kier alpha value is -3.40. The number of aromatic nitrogens is 4. The zero-order chi connectivity index (χ0) is 27.4. The number of carbonyl (C=O) groups is 2. The van der Waals surface area contributed by atoms with Crippen molar-refractivity contribution in [2.75, 3.05) is 32.1 Å². The van der Waals surface area contributed by atoms with Crippen LogP contribution in [0.2, 0.25) is 0 Å². The number of thiophene rings is 1. The molecule has 0 spiro atoms. The molecule has 13 nitrogen and oxygen atoms in total. The number of carbonyl (C=O) groups excluding carboxylic acids is 2. The summed E-state index contributed by atoms with van der Waals surface area (Å²) in [5, 5.41) is 24.9. The van der Waals surface area contributed by atoms with Gasteiger partial charge in [0.05, 0.1) is 24.8 Å². The summed E-state index contributed by atoms with van der Waals surface area (Å²) in [6.07, 6.45) is 0.707. The van der Waals surface area contributed by atoms with Gasteiger partial charge in [-0.25, -0.2) is 13.1 Å². The van der Waals surface area contributed by atoms with E-state index in [1.54, 1.807) is 41.5 Å². The molecular formula is C23H29N7O6S2. The Balaban J connectivity index is 1.62. The molecule has 1 aliphatic heterocycles. The molecule has 0 saturated carbocycles. The minimum Gasteiger partial charge on any atom is -0.488 e. The second-order valence-corrected chi connectivity index (χ2v) is 12.3. The maximum absolute atomic E-state index is 13.6. The van der Waals surface area contributed by atoms with Crippen LogP contribution >= 0.6 is 11.3 Å². The highest BCUT2D eigenvalue weighted by Gasteiger charge is 2.35. The molecule has 3 aromatic rings. The van der Waals surface area contributed by atoms with Crippen LogP contribution in [-0.2, 0) is 21.4 Å². The minimum atomic E-state index is -3.72. The summed E-state index contributed by atoms with van der Waals surface area (Å²) in [5.74, 6) is -0.785. The number of hydrogen-bond donors (Lipinski definition) is 2. The summed E-state index contributed by atoms with van der Waals surface area (Å²) in [6.45, 7) is 3.50. The van der Waals surface area contributed by atoms with E-state index in [-0.39, 0.29) is 53.6 Å². The number of rotatable bonds is 9. The number of anilines is 1. The minimum absolute atomic E-state index is 0.0425. The average Bonchev–Trinajstić information content (AvgIpc) is 3.61. The van der Waals surface area contributed by atoms with Crippen LogP contribution in [0, 0.1) is 5.92 Å². The van der Waals surface area contributed by atoms with E-state index < -0.39 is 28.1 Å². The van der Waals surface area contributed by atoms with E-state index in [1.807, 2.05) is 6.92 Å². The Morgan fingerprint density at radius 2 is 2.16 bits per heavy atom. The Bertz CT molecular complexity index is 1360. The zero-order valence-electron chi connectivity index (χ0n) is 21.1. The van der Waals surface area contributed by atoms with E-state index in [9.17, 15) is 23.1 Å². The molecule has 0 radical (unpaired) electrons. The van der Waals surface area contributed by atoms with Crippen LogP contribution in [0.25, 0.3) is 0 Å². The molecule has 0 aliphatic carbocycles. The summed E-state index contributed by atoms with van der Waals surface area (Å²) < 4.78 is 35.1. The molecule has 3 heterocycles. The van der Waals surface area contributed by atoms with Crippen molar-refractivity contribution in [3.8, 4) is 5.75 Å². The topological polar surface area (TPSA) is 160 Å². The number of aliphatic hydroxyl groups excluding tert-OH is 1. The number of fused-ring (bicyclic) bond motifs is 1. The van der Waals surface area contributed by atoms with E-state index in [0.29, 0.717) is 5.69 Å². The Labute approximate surface area is 224 Å². The highest BCUT2D eigenvalue weighted by Crippen LogP contribution is 2.31. The molecule has 38 heavy (non-hydrogen) atoms. The summed E-state index contributed by atoms with van der Waals surface area (Å²) in [5.41, 5.74) is 0.545. The number of likely N-dealkylation sites (N-methyl/N-ethyl adjacent to an activating group) is 1. The van der Waals surface area contributed by atoms with Gasteiger partial charge in [-0.2, -0.15) is 4.31 Å². The number of amides is 2. The first-order valence-electron chi connectivity index (χ1n) is 11.8. The number of sulfonamides is 1. The van der Waals surface area contributed by atoms with Gasteiger partial charge < -0.3 is 20.1 Å².